The van der Waals surface area contributed by atoms with Gasteiger partial charge in [0, 0.05) is 23.9 Å². The Morgan fingerprint density at radius 2 is 1.90 bits per heavy atom. The minimum atomic E-state index is -0.166. The molecule has 0 radical (unpaired) electrons. The molecule has 1 N–H and O–H groups in total. The minimum Gasteiger partial charge on any atom is -0.467 e. The Balaban J connectivity index is 1.48. The second-order valence-electron chi connectivity index (χ2n) is 8.14. The van der Waals surface area contributed by atoms with E-state index in [0.29, 0.717) is 11.8 Å². The molecule has 1 amide bonds. The van der Waals surface area contributed by atoms with Gasteiger partial charge < -0.3 is 10.1 Å². The molecular weight excluding hydrogens is 364 g/mol. The fourth-order valence-electron chi connectivity index (χ4n) is 3.69. The van der Waals surface area contributed by atoms with Gasteiger partial charge in [-0.2, -0.15) is 10.1 Å². The maximum absolute atomic E-state index is 12.4. The predicted octanol–water partition coefficient (Wildman–Crippen LogP) is 4.03. The van der Waals surface area contributed by atoms with Gasteiger partial charge in [-0.3, -0.25) is 9.48 Å². The summed E-state index contributed by atoms with van der Waals surface area (Å²) in [6, 6.07) is 8.07. The average molecular weight is 393 g/mol. The second-order valence-corrected chi connectivity index (χ2v) is 8.14. The van der Waals surface area contributed by atoms with E-state index in [0.717, 1.165) is 33.4 Å². The molecule has 1 atom stereocenters. The molecule has 3 aromatic rings. The van der Waals surface area contributed by atoms with Crippen LogP contribution < -0.4 is 10.1 Å². The average Bonchev–Trinajstić information content (AvgIpc) is 3.48. The van der Waals surface area contributed by atoms with Gasteiger partial charge in [0.25, 0.3) is 5.91 Å². The fourth-order valence-corrected chi connectivity index (χ4v) is 3.69. The molecule has 4 rings (SSSR count). The third-order valence-electron chi connectivity index (χ3n) is 5.77. The summed E-state index contributed by atoms with van der Waals surface area (Å²) in [6.45, 7) is 8.03. The summed E-state index contributed by atoms with van der Waals surface area (Å²) in [5, 5.41) is 8.81. The Bertz CT molecular complexity index is 1060. The molecule has 1 aliphatic carbocycles. The van der Waals surface area contributed by atoms with E-state index in [-0.39, 0.29) is 18.6 Å². The third kappa shape index (κ3) is 3.84. The number of fused-ring (bicyclic) bond motifs is 1. The van der Waals surface area contributed by atoms with Crippen molar-refractivity contribution in [1.82, 2.24) is 20.1 Å². The highest BCUT2D eigenvalue weighted by atomic mass is 16.5. The first kappa shape index (κ1) is 19.4. The third-order valence-corrected chi connectivity index (χ3v) is 5.77. The highest BCUT2D eigenvalue weighted by molar-refractivity contribution is 5.85. The molecule has 1 aliphatic rings. The molecule has 1 unspecified atom stereocenters. The molecule has 1 aromatic carbocycles. The number of rotatable bonds is 6. The molecule has 0 spiro atoms. The number of amides is 1. The first-order valence-corrected chi connectivity index (χ1v) is 10.2. The lowest BCUT2D eigenvalue weighted by Gasteiger charge is -2.16. The van der Waals surface area contributed by atoms with Crippen LogP contribution in [0.4, 0.5) is 0 Å². The predicted molar refractivity (Wildman–Crippen MR) is 113 cm³/mol. The van der Waals surface area contributed by atoms with E-state index in [1.807, 2.05) is 56.8 Å². The van der Waals surface area contributed by atoms with Crippen LogP contribution in [-0.2, 0) is 11.8 Å². The zero-order chi connectivity index (χ0) is 20.7. The molecule has 6 heteroatoms. The number of hydrogen-bond donors (Lipinski definition) is 1. The monoisotopic (exact) mass is 392 g/mol. The molecule has 0 bridgehead atoms. The van der Waals surface area contributed by atoms with Crippen LogP contribution in [-0.4, -0.2) is 27.3 Å². The standard InChI is InChI=1S/C23H28N4O2/c1-13-6-8-17(9-7-13)16(4)24-19(28)12-29-23-15(3)14(2)20-21(18-10-11-18)26-27(5)22(20)25-23/h6-9,16,18H,10-12H2,1-5H3,(H,24,28). The SMILES string of the molecule is Cc1ccc(C(C)NC(=O)COc2nc3c(c(C4CC4)nn3C)c(C)c2C)cc1. The Morgan fingerprint density at radius 1 is 1.21 bits per heavy atom. The second kappa shape index (κ2) is 7.50. The van der Waals surface area contributed by atoms with Gasteiger partial charge in [0.05, 0.1) is 11.7 Å². The molecule has 6 nitrogen and oxygen atoms in total. The van der Waals surface area contributed by atoms with Gasteiger partial charge in [0.15, 0.2) is 12.3 Å². The molecular formula is C23H28N4O2. The zero-order valence-corrected chi connectivity index (χ0v) is 17.7. The number of aryl methyl sites for hydroxylation is 3. The van der Waals surface area contributed by atoms with Crippen molar-refractivity contribution in [2.24, 2.45) is 7.05 Å². The van der Waals surface area contributed by atoms with E-state index in [9.17, 15) is 4.79 Å². The quantitative estimate of drug-likeness (QED) is 0.688. The normalized spacial score (nSPS) is 14.8. The minimum absolute atomic E-state index is 0.0671. The van der Waals surface area contributed by atoms with E-state index < -0.39 is 0 Å². The Labute approximate surface area is 171 Å². The number of nitrogens with zero attached hydrogens (tertiary/aromatic N) is 3. The van der Waals surface area contributed by atoms with Crippen molar-refractivity contribution < 1.29 is 9.53 Å². The Morgan fingerprint density at radius 3 is 2.55 bits per heavy atom. The van der Waals surface area contributed by atoms with Crippen molar-refractivity contribution in [2.45, 2.75) is 52.5 Å². The number of nitrogens with one attached hydrogen (secondary N) is 1. The van der Waals surface area contributed by atoms with Gasteiger partial charge in [0.1, 0.15) is 0 Å². The van der Waals surface area contributed by atoms with Crippen LogP contribution in [0, 0.1) is 20.8 Å². The molecule has 2 heterocycles. The summed E-state index contributed by atoms with van der Waals surface area (Å²) < 4.78 is 7.64. The van der Waals surface area contributed by atoms with Gasteiger partial charge in [-0.05, 0) is 51.7 Å². The zero-order valence-electron chi connectivity index (χ0n) is 17.7. The van der Waals surface area contributed by atoms with Gasteiger partial charge in [-0.15, -0.1) is 0 Å². The van der Waals surface area contributed by atoms with Crippen LogP contribution in [0.3, 0.4) is 0 Å². The molecule has 1 saturated carbocycles. The number of carbonyl (C=O) groups is 1. The van der Waals surface area contributed by atoms with Gasteiger partial charge in [0.2, 0.25) is 5.88 Å². The number of carbonyl (C=O) groups excluding carboxylic acids is 1. The number of hydrogen-bond acceptors (Lipinski definition) is 4. The largest absolute Gasteiger partial charge is 0.467 e. The summed E-state index contributed by atoms with van der Waals surface area (Å²) in [5.41, 5.74) is 6.33. The summed E-state index contributed by atoms with van der Waals surface area (Å²) in [4.78, 5) is 17.1. The highest BCUT2D eigenvalue weighted by Gasteiger charge is 2.30. The molecule has 152 valence electrons. The highest BCUT2D eigenvalue weighted by Crippen LogP contribution is 2.43. The van der Waals surface area contributed by atoms with Gasteiger partial charge in [-0.25, -0.2) is 0 Å². The molecule has 0 saturated heterocycles. The van der Waals surface area contributed by atoms with E-state index in [4.69, 9.17) is 4.74 Å². The fraction of sp³-hybridized carbons (Fsp3) is 0.435. The van der Waals surface area contributed by atoms with Crippen molar-refractivity contribution in [2.75, 3.05) is 6.61 Å². The van der Waals surface area contributed by atoms with Crippen LogP contribution in [0.15, 0.2) is 24.3 Å². The number of benzene rings is 1. The summed E-state index contributed by atoms with van der Waals surface area (Å²) in [5.74, 6) is 0.888. The smallest absolute Gasteiger partial charge is 0.258 e. The topological polar surface area (TPSA) is 69.0 Å². The first-order valence-electron chi connectivity index (χ1n) is 10.2. The lowest BCUT2D eigenvalue weighted by atomic mass is 10.1. The van der Waals surface area contributed by atoms with Crippen LogP contribution in [0.5, 0.6) is 5.88 Å². The summed E-state index contributed by atoms with van der Waals surface area (Å²) in [6.07, 6.45) is 2.39. The van der Waals surface area contributed by atoms with E-state index in [2.05, 4.69) is 22.3 Å². The van der Waals surface area contributed by atoms with Gasteiger partial charge in [-0.1, -0.05) is 29.8 Å². The van der Waals surface area contributed by atoms with E-state index in [1.165, 1.54) is 18.4 Å². The lowest BCUT2D eigenvalue weighted by molar-refractivity contribution is -0.123. The van der Waals surface area contributed by atoms with Crippen LogP contribution >= 0.6 is 0 Å². The van der Waals surface area contributed by atoms with Crippen LogP contribution in [0.1, 0.15) is 59.7 Å². The van der Waals surface area contributed by atoms with Crippen molar-refractivity contribution >= 4 is 16.9 Å². The summed E-state index contributed by atoms with van der Waals surface area (Å²) >= 11 is 0. The molecule has 2 aromatic heterocycles. The van der Waals surface area contributed by atoms with Gasteiger partial charge >= 0.3 is 0 Å². The molecule has 29 heavy (non-hydrogen) atoms. The Hall–Kier alpha value is -2.89. The van der Waals surface area contributed by atoms with Crippen LogP contribution in [0.25, 0.3) is 11.0 Å². The number of pyridine rings is 1. The van der Waals surface area contributed by atoms with Crippen LogP contribution in [0.2, 0.25) is 0 Å². The summed E-state index contributed by atoms with van der Waals surface area (Å²) in [7, 11) is 1.91. The lowest BCUT2D eigenvalue weighted by Crippen LogP contribution is -2.31. The van der Waals surface area contributed by atoms with E-state index >= 15 is 0 Å². The maximum atomic E-state index is 12.4. The number of aromatic nitrogens is 3. The molecule has 1 fully saturated rings. The first-order chi connectivity index (χ1) is 13.8. The number of ether oxygens (including phenoxy) is 1. The van der Waals surface area contributed by atoms with Crippen molar-refractivity contribution in [3.05, 3.63) is 52.2 Å². The van der Waals surface area contributed by atoms with Crippen molar-refractivity contribution in [3.63, 3.8) is 0 Å². The van der Waals surface area contributed by atoms with E-state index in [1.54, 1.807) is 0 Å². The Kier molecular flexibility index (Phi) is 5.03. The van der Waals surface area contributed by atoms with Crippen molar-refractivity contribution in [3.8, 4) is 5.88 Å². The maximum Gasteiger partial charge on any atom is 0.258 e. The molecule has 0 aliphatic heterocycles. The van der Waals surface area contributed by atoms with Crippen molar-refractivity contribution in [1.29, 1.82) is 0 Å².